The Balaban J connectivity index is 1.59. The number of piperidine rings is 1. The van der Waals surface area contributed by atoms with Crippen LogP contribution in [0.5, 0.6) is 0 Å². The maximum atomic E-state index is 12.1. The van der Waals surface area contributed by atoms with E-state index >= 15 is 0 Å². The Kier molecular flexibility index (Phi) is 7.63. The van der Waals surface area contributed by atoms with Crippen molar-refractivity contribution >= 4 is 5.91 Å². The van der Waals surface area contributed by atoms with E-state index in [9.17, 15) is 4.79 Å². The molecule has 0 bridgehead atoms. The molecule has 3 unspecified atom stereocenters. The monoisotopic (exact) mass is 311 g/mol. The van der Waals surface area contributed by atoms with Crippen LogP contribution in [0, 0.1) is 17.8 Å². The number of nitrogens with one attached hydrogen (secondary N) is 2. The third-order valence-electron chi connectivity index (χ3n) is 4.97. The van der Waals surface area contributed by atoms with Gasteiger partial charge >= 0.3 is 0 Å². The molecule has 5 nitrogen and oxygen atoms in total. The molecule has 128 valence electrons. The van der Waals surface area contributed by atoms with E-state index in [0.29, 0.717) is 24.2 Å². The maximum Gasteiger partial charge on any atom is 0.220 e. The first-order valence-electron chi connectivity index (χ1n) is 8.92. The molecule has 0 aromatic rings. The second-order valence-electron chi connectivity index (χ2n) is 7.11. The highest BCUT2D eigenvalue weighted by molar-refractivity contribution is 5.76. The first kappa shape index (κ1) is 17.7. The smallest absolute Gasteiger partial charge is 0.220 e. The normalized spacial score (nSPS) is 26.4. The molecule has 2 N–H and O–H groups in total. The van der Waals surface area contributed by atoms with E-state index in [0.717, 1.165) is 52.5 Å². The molecule has 22 heavy (non-hydrogen) atoms. The standard InChI is InChI=1S/C17H33N3O2/c1-14(13-20-6-8-22-9-7-20)11-19-17(21)10-15(2)16-4-3-5-18-12-16/h14-16,18H,3-13H2,1-2H3,(H,19,21). The first-order chi connectivity index (χ1) is 10.6. The zero-order chi connectivity index (χ0) is 15.8. The second-order valence-corrected chi connectivity index (χ2v) is 7.11. The lowest BCUT2D eigenvalue weighted by Gasteiger charge is -2.29. The van der Waals surface area contributed by atoms with Crippen LogP contribution in [0.1, 0.15) is 33.1 Å². The van der Waals surface area contributed by atoms with Crippen molar-refractivity contribution < 1.29 is 9.53 Å². The van der Waals surface area contributed by atoms with Gasteiger partial charge in [0.15, 0.2) is 0 Å². The summed E-state index contributed by atoms with van der Waals surface area (Å²) < 4.78 is 5.36. The van der Waals surface area contributed by atoms with Gasteiger partial charge in [0.25, 0.3) is 0 Å². The second kappa shape index (κ2) is 9.48. The molecular weight excluding hydrogens is 278 g/mol. The average molecular weight is 311 g/mol. The fraction of sp³-hybridized carbons (Fsp3) is 0.941. The molecule has 2 heterocycles. The predicted molar refractivity (Wildman–Crippen MR) is 88.8 cm³/mol. The van der Waals surface area contributed by atoms with Crippen LogP contribution < -0.4 is 10.6 Å². The van der Waals surface area contributed by atoms with Crippen LogP contribution in [0.15, 0.2) is 0 Å². The van der Waals surface area contributed by atoms with Crippen LogP contribution in [-0.4, -0.2) is 63.3 Å². The molecule has 2 rings (SSSR count). The summed E-state index contributed by atoms with van der Waals surface area (Å²) in [5.74, 6) is 1.84. The van der Waals surface area contributed by atoms with Gasteiger partial charge in [-0.3, -0.25) is 9.69 Å². The van der Waals surface area contributed by atoms with Crippen molar-refractivity contribution in [1.29, 1.82) is 0 Å². The van der Waals surface area contributed by atoms with Gasteiger partial charge < -0.3 is 15.4 Å². The lowest BCUT2D eigenvalue weighted by atomic mass is 9.85. The van der Waals surface area contributed by atoms with Crippen LogP contribution in [0.25, 0.3) is 0 Å². The molecule has 3 atom stereocenters. The summed E-state index contributed by atoms with van der Waals surface area (Å²) in [7, 11) is 0. The van der Waals surface area contributed by atoms with E-state index in [-0.39, 0.29) is 5.91 Å². The van der Waals surface area contributed by atoms with Gasteiger partial charge in [-0.05, 0) is 43.7 Å². The predicted octanol–water partition coefficient (Wildman–Crippen LogP) is 1.10. The summed E-state index contributed by atoms with van der Waals surface area (Å²) in [4.78, 5) is 14.6. The Morgan fingerprint density at radius 3 is 2.82 bits per heavy atom. The van der Waals surface area contributed by atoms with Crippen molar-refractivity contribution in [3.8, 4) is 0 Å². The third-order valence-corrected chi connectivity index (χ3v) is 4.97. The number of morpholine rings is 1. The van der Waals surface area contributed by atoms with Crippen LogP contribution in [0.4, 0.5) is 0 Å². The number of hydrogen-bond donors (Lipinski definition) is 2. The number of ether oxygens (including phenoxy) is 1. The minimum absolute atomic E-state index is 0.215. The van der Waals surface area contributed by atoms with Gasteiger partial charge in [0, 0.05) is 32.6 Å². The molecule has 5 heteroatoms. The van der Waals surface area contributed by atoms with Gasteiger partial charge in [0.1, 0.15) is 0 Å². The highest BCUT2D eigenvalue weighted by Gasteiger charge is 2.22. The highest BCUT2D eigenvalue weighted by atomic mass is 16.5. The fourth-order valence-corrected chi connectivity index (χ4v) is 3.47. The quantitative estimate of drug-likeness (QED) is 0.739. The molecule has 0 saturated carbocycles. The van der Waals surface area contributed by atoms with Gasteiger partial charge in [0.05, 0.1) is 13.2 Å². The molecule has 2 fully saturated rings. The lowest BCUT2D eigenvalue weighted by Crippen LogP contribution is -2.41. The Morgan fingerprint density at radius 2 is 2.14 bits per heavy atom. The molecule has 0 radical (unpaired) electrons. The summed E-state index contributed by atoms with van der Waals surface area (Å²) in [5.41, 5.74) is 0. The number of hydrogen-bond acceptors (Lipinski definition) is 4. The zero-order valence-electron chi connectivity index (χ0n) is 14.3. The number of amides is 1. The number of carbonyl (C=O) groups is 1. The molecule has 2 aliphatic heterocycles. The Morgan fingerprint density at radius 1 is 1.36 bits per heavy atom. The summed E-state index contributed by atoms with van der Waals surface area (Å²) in [5, 5.41) is 6.56. The molecule has 0 aromatic carbocycles. The van der Waals surface area contributed by atoms with Gasteiger partial charge in [-0.25, -0.2) is 0 Å². The molecule has 0 spiro atoms. The highest BCUT2D eigenvalue weighted by Crippen LogP contribution is 2.22. The Bertz CT molecular complexity index is 326. The summed E-state index contributed by atoms with van der Waals surface area (Å²) in [6.45, 7) is 12.2. The average Bonchev–Trinajstić information content (AvgIpc) is 2.55. The van der Waals surface area contributed by atoms with Crippen molar-refractivity contribution in [2.45, 2.75) is 33.1 Å². The van der Waals surface area contributed by atoms with Crippen LogP contribution in [-0.2, 0) is 9.53 Å². The van der Waals surface area contributed by atoms with Gasteiger partial charge in [-0.2, -0.15) is 0 Å². The van der Waals surface area contributed by atoms with E-state index in [1.54, 1.807) is 0 Å². The van der Waals surface area contributed by atoms with E-state index in [2.05, 4.69) is 29.4 Å². The number of carbonyl (C=O) groups excluding carboxylic acids is 1. The van der Waals surface area contributed by atoms with E-state index < -0.39 is 0 Å². The molecule has 0 aliphatic carbocycles. The summed E-state index contributed by atoms with van der Waals surface area (Å²) >= 11 is 0. The van der Waals surface area contributed by atoms with Gasteiger partial charge in [0.2, 0.25) is 5.91 Å². The van der Waals surface area contributed by atoms with E-state index in [1.807, 2.05) is 0 Å². The number of rotatable bonds is 7. The summed E-state index contributed by atoms with van der Waals surface area (Å²) in [6.07, 6.45) is 3.17. The van der Waals surface area contributed by atoms with Crippen molar-refractivity contribution in [1.82, 2.24) is 15.5 Å². The maximum absolute atomic E-state index is 12.1. The van der Waals surface area contributed by atoms with E-state index in [1.165, 1.54) is 12.8 Å². The lowest BCUT2D eigenvalue weighted by molar-refractivity contribution is -0.122. The minimum Gasteiger partial charge on any atom is -0.379 e. The Hall–Kier alpha value is -0.650. The fourth-order valence-electron chi connectivity index (χ4n) is 3.47. The molecule has 1 amide bonds. The van der Waals surface area contributed by atoms with Crippen molar-refractivity contribution in [2.75, 3.05) is 52.5 Å². The van der Waals surface area contributed by atoms with Crippen LogP contribution in [0.3, 0.4) is 0 Å². The zero-order valence-corrected chi connectivity index (χ0v) is 14.3. The van der Waals surface area contributed by atoms with Crippen molar-refractivity contribution in [3.63, 3.8) is 0 Å². The topological polar surface area (TPSA) is 53.6 Å². The Labute approximate surface area is 135 Å². The minimum atomic E-state index is 0.215. The van der Waals surface area contributed by atoms with Crippen molar-refractivity contribution in [3.05, 3.63) is 0 Å². The SMILES string of the molecule is CC(CNC(=O)CC(C)C1CCCNC1)CN1CCOCC1. The van der Waals surface area contributed by atoms with Crippen LogP contribution >= 0.6 is 0 Å². The van der Waals surface area contributed by atoms with E-state index in [4.69, 9.17) is 4.74 Å². The summed E-state index contributed by atoms with van der Waals surface area (Å²) in [6, 6.07) is 0. The molecule has 2 saturated heterocycles. The first-order valence-corrected chi connectivity index (χ1v) is 8.92. The molecular formula is C17H33N3O2. The van der Waals surface area contributed by atoms with Crippen molar-refractivity contribution in [2.24, 2.45) is 17.8 Å². The molecule has 0 aromatic heterocycles. The molecule has 2 aliphatic rings. The van der Waals surface area contributed by atoms with Crippen LogP contribution in [0.2, 0.25) is 0 Å². The van der Waals surface area contributed by atoms with Gasteiger partial charge in [-0.15, -0.1) is 0 Å². The van der Waals surface area contributed by atoms with Gasteiger partial charge in [-0.1, -0.05) is 13.8 Å². The third kappa shape index (κ3) is 6.23. The largest absolute Gasteiger partial charge is 0.379 e. The number of nitrogens with zero attached hydrogens (tertiary/aromatic N) is 1.